The molecule has 2 heterocycles. The summed E-state index contributed by atoms with van der Waals surface area (Å²) in [5, 5.41) is 0. The fourth-order valence-electron chi connectivity index (χ4n) is 2.08. The monoisotopic (exact) mass is 251 g/mol. The Morgan fingerprint density at radius 3 is 2.94 bits per heavy atom. The second-order valence-electron chi connectivity index (χ2n) is 4.50. The smallest absolute Gasteiger partial charge is 0.227 e. The van der Waals surface area contributed by atoms with Gasteiger partial charge in [0, 0.05) is 33.3 Å². The highest BCUT2D eigenvalue weighted by Gasteiger charge is 2.31. The lowest BCUT2D eigenvalue weighted by Gasteiger charge is -2.22. The summed E-state index contributed by atoms with van der Waals surface area (Å²) >= 11 is 4.27. The lowest BCUT2D eigenvalue weighted by atomic mass is 10.1. The minimum atomic E-state index is 0.167. The third kappa shape index (κ3) is 2.39. The van der Waals surface area contributed by atoms with Crippen LogP contribution >= 0.6 is 12.6 Å². The quantitative estimate of drug-likeness (QED) is 0.826. The minimum absolute atomic E-state index is 0.167. The molecule has 0 aliphatic carbocycles. The molecule has 0 spiro atoms. The number of carbonyl (C=O) groups excluding carboxylic acids is 1. The number of amides is 1. The first-order valence-corrected chi connectivity index (χ1v) is 6.30. The second-order valence-corrected chi connectivity index (χ2v) is 4.86. The van der Waals surface area contributed by atoms with Gasteiger partial charge in [-0.2, -0.15) is 12.6 Å². The predicted molar refractivity (Wildman–Crippen MR) is 72.9 cm³/mol. The van der Waals surface area contributed by atoms with Crippen LogP contribution in [0.4, 0.5) is 11.5 Å². The van der Waals surface area contributed by atoms with Crippen molar-refractivity contribution >= 4 is 30.0 Å². The maximum absolute atomic E-state index is 12.0. The molecule has 1 unspecified atom stereocenters. The zero-order chi connectivity index (χ0) is 12.4. The molecule has 0 N–H and O–H groups in total. The van der Waals surface area contributed by atoms with E-state index in [9.17, 15) is 4.79 Å². The molecule has 92 valence electrons. The van der Waals surface area contributed by atoms with Crippen LogP contribution in [0, 0.1) is 5.92 Å². The summed E-state index contributed by atoms with van der Waals surface area (Å²) in [5.74, 6) is 2.10. The Bertz CT molecular complexity index is 422. The van der Waals surface area contributed by atoms with E-state index in [1.165, 1.54) is 0 Å². The number of pyridine rings is 1. The summed E-state index contributed by atoms with van der Waals surface area (Å²) in [7, 11) is 3.87. The van der Waals surface area contributed by atoms with Crippen molar-refractivity contribution in [2.24, 2.45) is 5.92 Å². The van der Waals surface area contributed by atoms with Gasteiger partial charge in [-0.25, -0.2) is 4.98 Å². The molecule has 4 nitrogen and oxygen atoms in total. The molecule has 1 aliphatic heterocycles. The van der Waals surface area contributed by atoms with Crippen molar-refractivity contribution in [3.05, 3.63) is 18.3 Å². The van der Waals surface area contributed by atoms with E-state index in [0.29, 0.717) is 12.3 Å². The molecule has 1 aromatic rings. The Labute approximate surface area is 107 Å². The number of rotatable bonds is 3. The first kappa shape index (κ1) is 12.2. The molecule has 1 atom stereocenters. The van der Waals surface area contributed by atoms with Crippen LogP contribution in [-0.2, 0) is 4.79 Å². The van der Waals surface area contributed by atoms with Crippen LogP contribution in [-0.4, -0.2) is 37.3 Å². The van der Waals surface area contributed by atoms with Gasteiger partial charge in [0.1, 0.15) is 0 Å². The Morgan fingerprint density at radius 2 is 2.35 bits per heavy atom. The molecule has 2 rings (SSSR count). The Morgan fingerprint density at radius 1 is 1.59 bits per heavy atom. The van der Waals surface area contributed by atoms with Crippen molar-refractivity contribution in [1.82, 2.24) is 4.98 Å². The molecule has 17 heavy (non-hydrogen) atoms. The zero-order valence-corrected chi connectivity index (χ0v) is 11.0. The van der Waals surface area contributed by atoms with E-state index in [-0.39, 0.29) is 5.91 Å². The van der Waals surface area contributed by atoms with Crippen LogP contribution in [0.5, 0.6) is 0 Å². The standard InChI is InChI=1S/C12H17N3OS/c1-14(2)12-10(4-3-5-13-12)15-7-9(8-17)6-11(15)16/h3-5,9,17H,6-8H2,1-2H3. The number of nitrogens with zero attached hydrogens (tertiary/aromatic N) is 3. The number of hydrogen-bond acceptors (Lipinski definition) is 4. The molecule has 1 fully saturated rings. The van der Waals surface area contributed by atoms with Gasteiger partial charge in [0.05, 0.1) is 5.69 Å². The Kier molecular flexibility index (Phi) is 3.57. The highest BCUT2D eigenvalue weighted by molar-refractivity contribution is 7.80. The predicted octanol–water partition coefficient (Wildman–Crippen LogP) is 1.43. The lowest BCUT2D eigenvalue weighted by Crippen LogP contribution is -2.27. The fraction of sp³-hybridized carbons (Fsp3) is 0.500. The number of anilines is 2. The fourth-order valence-corrected chi connectivity index (χ4v) is 2.32. The van der Waals surface area contributed by atoms with E-state index in [1.807, 2.05) is 36.0 Å². The van der Waals surface area contributed by atoms with Crippen LogP contribution in [0.25, 0.3) is 0 Å². The molecule has 0 bridgehead atoms. The van der Waals surface area contributed by atoms with Gasteiger partial charge >= 0.3 is 0 Å². The van der Waals surface area contributed by atoms with E-state index in [0.717, 1.165) is 23.8 Å². The van der Waals surface area contributed by atoms with Crippen LogP contribution in [0.2, 0.25) is 0 Å². The van der Waals surface area contributed by atoms with Crippen molar-refractivity contribution in [2.75, 3.05) is 36.2 Å². The van der Waals surface area contributed by atoms with Gasteiger partial charge in [0.25, 0.3) is 0 Å². The van der Waals surface area contributed by atoms with Crippen LogP contribution < -0.4 is 9.80 Å². The molecular formula is C12H17N3OS. The highest BCUT2D eigenvalue weighted by Crippen LogP contribution is 2.31. The summed E-state index contributed by atoms with van der Waals surface area (Å²) in [6.45, 7) is 0.745. The summed E-state index contributed by atoms with van der Waals surface area (Å²) in [6, 6.07) is 3.81. The molecule has 0 aromatic carbocycles. The molecule has 1 aromatic heterocycles. The SMILES string of the molecule is CN(C)c1ncccc1N1CC(CS)CC1=O. The van der Waals surface area contributed by atoms with E-state index in [2.05, 4.69) is 17.6 Å². The van der Waals surface area contributed by atoms with Crippen LogP contribution in [0.15, 0.2) is 18.3 Å². The average Bonchev–Trinajstić information content (AvgIpc) is 2.70. The normalized spacial score (nSPS) is 19.8. The largest absolute Gasteiger partial charge is 0.361 e. The van der Waals surface area contributed by atoms with Crippen molar-refractivity contribution < 1.29 is 4.79 Å². The number of hydrogen-bond donors (Lipinski definition) is 1. The molecule has 1 aliphatic rings. The molecule has 1 saturated heterocycles. The lowest BCUT2D eigenvalue weighted by molar-refractivity contribution is -0.117. The van der Waals surface area contributed by atoms with Crippen molar-refractivity contribution in [3.8, 4) is 0 Å². The van der Waals surface area contributed by atoms with E-state index in [1.54, 1.807) is 6.20 Å². The van der Waals surface area contributed by atoms with Gasteiger partial charge < -0.3 is 9.80 Å². The van der Waals surface area contributed by atoms with E-state index >= 15 is 0 Å². The molecule has 0 saturated carbocycles. The van der Waals surface area contributed by atoms with Gasteiger partial charge in [-0.15, -0.1) is 0 Å². The number of thiol groups is 1. The topological polar surface area (TPSA) is 36.4 Å². The highest BCUT2D eigenvalue weighted by atomic mass is 32.1. The van der Waals surface area contributed by atoms with Gasteiger partial charge in [-0.05, 0) is 23.8 Å². The third-order valence-corrected chi connectivity index (χ3v) is 3.46. The zero-order valence-electron chi connectivity index (χ0n) is 10.1. The maximum atomic E-state index is 12.0. The summed E-state index contributed by atoms with van der Waals surface area (Å²) in [4.78, 5) is 20.0. The molecular weight excluding hydrogens is 234 g/mol. The molecule has 5 heteroatoms. The van der Waals surface area contributed by atoms with Crippen molar-refractivity contribution in [3.63, 3.8) is 0 Å². The van der Waals surface area contributed by atoms with Gasteiger partial charge in [0.15, 0.2) is 5.82 Å². The van der Waals surface area contributed by atoms with Crippen molar-refractivity contribution in [1.29, 1.82) is 0 Å². The Balaban J connectivity index is 2.31. The van der Waals surface area contributed by atoms with Gasteiger partial charge in [-0.3, -0.25) is 4.79 Å². The van der Waals surface area contributed by atoms with E-state index < -0.39 is 0 Å². The minimum Gasteiger partial charge on any atom is -0.361 e. The molecule has 1 amide bonds. The van der Waals surface area contributed by atoms with Gasteiger partial charge in [-0.1, -0.05) is 0 Å². The van der Waals surface area contributed by atoms with E-state index in [4.69, 9.17) is 0 Å². The summed E-state index contributed by atoms with van der Waals surface area (Å²) < 4.78 is 0. The summed E-state index contributed by atoms with van der Waals surface area (Å²) in [6.07, 6.45) is 2.33. The number of aromatic nitrogens is 1. The summed E-state index contributed by atoms with van der Waals surface area (Å²) in [5.41, 5.74) is 0.895. The first-order valence-electron chi connectivity index (χ1n) is 5.67. The Hall–Kier alpha value is -1.23. The number of carbonyl (C=O) groups is 1. The van der Waals surface area contributed by atoms with Crippen molar-refractivity contribution in [2.45, 2.75) is 6.42 Å². The van der Waals surface area contributed by atoms with Gasteiger partial charge in [0.2, 0.25) is 5.91 Å². The first-order chi connectivity index (χ1) is 8.13. The second kappa shape index (κ2) is 4.96. The van der Waals surface area contributed by atoms with Crippen LogP contribution in [0.3, 0.4) is 0 Å². The average molecular weight is 251 g/mol. The molecule has 0 radical (unpaired) electrons. The third-order valence-electron chi connectivity index (χ3n) is 2.94. The van der Waals surface area contributed by atoms with Crippen LogP contribution in [0.1, 0.15) is 6.42 Å². The maximum Gasteiger partial charge on any atom is 0.227 e.